The Hall–Kier alpha value is -2.33. The van der Waals surface area contributed by atoms with Gasteiger partial charge >= 0.3 is 5.97 Å². The first-order chi connectivity index (χ1) is 9.66. The largest absolute Gasteiger partial charge is 0.475 e. The van der Waals surface area contributed by atoms with Gasteiger partial charge in [0.1, 0.15) is 11.9 Å². The van der Waals surface area contributed by atoms with E-state index in [4.69, 9.17) is 14.3 Å². The lowest BCUT2D eigenvalue weighted by Gasteiger charge is -2.08. The fraction of sp³-hybridized carbons (Fsp3) is 0.188. The molecule has 1 heterocycles. The van der Waals surface area contributed by atoms with Crippen LogP contribution in [0.25, 0.3) is 6.08 Å². The topological polar surface area (TPSA) is 59.7 Å². The number of rotatable bonds is 6. The maximum Gasteiger partial charge on any atom is 0.371 e. The van der Waals surface area contributed by atoms with Gasteiger partial charge < -0.3 is 14.3 Å². The van der Waals surface area contributed by atoms with E-state index in [1.807, 2.05) is 49.4 Å². The van der Waals surface area contributed by atoms with Gasteiger partial charge in [-0.1, -0.05) is 42.5 Å². The number of carbonyl (C=O) groups is 1. The Morgan fingerprint density at radius 1 is 1.30 bits per heavy atom. The molecule has 0 aliphatic heterocycles. The minimum Gasteiger partial charge on any atom is -0.475 e. The Morgan fingerprint density at radius 2 is 2.05 bits per heavy atom. The van der Waals surface area contributed by atoms with Crippen LogP contribution in [0.5, 0.6) is 0 Å². The van der Waals surface area contributed by atoms with Gasteiger partial charge in [0.25, 0.3) is 0 Å². The van der Waals surface area contributed by atoms with Crippen LogP contribution in [-0.2, 0) is 4.74 Å². The fourth-order valence-corrected chi connectivity index (χ4v) is 1.72. The number of hydrogen-bond donors (Lipinski definition) is 1. The molecule has 4 nitrogen and oxygen atoms in total. The first kappa shape index (κ1) is 14.1. The molecule has 2 rings (SSSR count). The maximum absolute atomic E-state index is 10.7. The van der Waals surface area contributed by atoms with E-state index < -0.39 is 5.97 Å². The van der Waals surface area contributed by atoms with Crippen LogP contribution in [0.15, 0.2) is 53.0 Å². The van der Waals surface area contributed by atoms with Crippen molar-refractivity contribution < 1.29 is 19.1 Å². The highest BCUT2D eigenvalue weighted by Crippen LogP contribution is 2.19. The second-order valence-electron chi connectivity index (χ2n) is 4.30. The molecule has 0 spiro atoms. The van der Waals surface area contributed by atoms with E-state index in [1.165, 1.54) is 6.07 Å². The zero-order chi connectivity index (χ0) is 14.4. The van der Waals surface area contributed by atoms with Gasteiger partial charge in [-0.2, -0.15) is 0 Å². The third-order valence-electron chi connectivity index (χ3n) is 2.79. The van der Waals surface area contributed by atoms with E-state index in [0.29, 0.717) is 12.4 Å². The second-order valence-corrected chi connectivity index (χ2v) is 4.30. The molecular weight excluding hydrogens is 256 g/mol. The molecule has 0 saturated heterocycles. The number of hydrogen-bond acceptors (Lipinski definition) is 3. The highest BCUT2D eigenvalue weighted by atomic mass is 16.5. The average molecular weight is 272 g/mol. The Morgan fingerprint density at radius 3 is 2.70 bits per heavy atom. The van der Waals surface area contributed by atoms with E-state index in [2.05, 4.69) is 0 Å². The van der Waals surface area contributed by atoms with Gasteiger partial charge in [0.2, 0.25) is 5.76 Å². The molecule has 104 valence electrons. The lowest BCUT2D eigenvalue weighted by molar-refractivity contribution is 0.0600. The molecule has 1 aromatic heterocycles. The second kappa shape index (κ2) is 6.73. The summed E-state index contributed by atoms with van der Waals surface area (Å²) in [5, 5.41) is 8.77. The molecule has 0 aliphatic carbocycles. The van der Waals surface area contributed by atoms with Crippen molar-refractivity contribution in [3.63, 3.8) is 0 Å². The predicted molar refractivity (Wildman–Crippen MR) is 75.5 cm³/mol. The van der Waals surface area contributed by atoms with Crippen LogP contribution < -0.4 is 0 Å². The van der Waals surface area contributed by atoms with E-state index in [0.717, 1.165) is 5.56 Å². The van der Waals surface area contributed by atoms with Crippen LogP contribution in [0.3, 0.4) is 0 Å². The lowest BCUT2D eigenvalue weighted by atomic mass is 10.2. The van der Waals surface area contributed by atoms with Gasteiger partial charge in [0.15, 0.2) is 0 Å². The molecule has 1 N–H and O–H groups in total. The fourth-order valence-electron chi connectivity index (χ4n) is 1.72. The standard InChI is InChI=1S/C16H16O4/c1-12(14-9-10-15(20-14)16(17)18)19-11-5-8-13-6-3-2-4-7-13/h2-10,12H,11H2,1H3,(H,17,18). The van der Waals surface area contributed by atoms with Crippen LogP contribution in [0.1, 0.15) is 34.9 Å². The van der Waals surface area contributed by atoms with Crippen molar-refractivity contribution in [3.8, 4) is 0 Å². The minimum absolute atomic E-state index is 0.0738. The first-order valence-corrected chi connectivity index (χ1v) is 6.33. The summed E-state index contributed by atoms with van der Waals surface area (Å²) >= 11 is 0. The summed E-state index contributed by atoms with van der Waals surface area (Å²) in [6, 6.07) is 13.0. The normalized spacial score (nSPS) is 12.7. The van der Waals surface area contributed by atoms with Crippen molar-refractivity contribution in [2.45, 2.75) is 13.0 Å². The highest BCUT2D eigenvalue weighted by molar-refractivity contribution is 5.84. The van der Waals surface area contributed by atoms with Crippen LogP contribution >= 0.6 is 0 Å². The summed E-state index contributed by atoms with van der Waals surface area (Å²) in [6.07, 6.45) is 3.59. The third-order valence-corrected chi connectivity index (χ3v) is 2.79. The number of benzene rings is 1. The summed E-state index contributed by atoms with van der Waals surface area (Å²) in [5.74, 6) is -0.641. The first-order valence-electron chi connectivity index (χ1n) is 6.33. The van der Waals surface area contributed by atoms with Gasteiger partial charge in [-0.05, 0) is 24.6 Å². The summed E-state index contributed by atoms with van der Waals surface area (Å²) in [4.78, 5) is 10.7. The number of ether oxygens (including phenoxy) is 1. The molecule has 0 amide bonds. The molecular formula is C16H16O4. The monoisotopic (exact) mass is 272 g/mol. The van der Waals surface area contributed by atoms with Gasteiger partial charge in [-0.25, -0.2) is 4.79 Å². The average Bonchev–Trinajstić information content (AvgIpc) is 2.94. The Bertz CT molecular complexity index is 584. The van der Waals surface area contributed by atoms with Crippen molar-refractivity contribution in [1.29, 1.82) is 0 Å². The Balaban J connectivity index is 1.84. The number of aromatic carboxylic acids is 1. The summed E-state index contributed by atoms with van der Waals surface area (Å²) in [6.45, 7) is 2.25. The molecule has 2 aromatic rings. The van der Waals surface area contributed by atoms with E-state index in [9.17, 15) is 4.79 Å². The van der Waals surface area contributed by atoms with Gasteiger partial charge in [0.05, 0.1) is 6.61 Å². The van der Waals surface area contributed by atoms with E-state index >= 15 is 0 Å². The summed E-state index contributed by atoms with van der Waals surface area (Å²) < 4.78 is 10.7. The summed E-state index contributed by atoms with van der Waals surface area (Å²) in [7, 11) is 0. The Kier molecular flexibility index (Phi) is 4.74. The summed E-state index contributed by atoms with van der Waals surface area (Å²) in [5.41, 5.74) is 1.11. The van der Waals surface area contributed by atoms with Crippen LogP contribution in [0, 0.1) is 0 Å². The highest BCUT2D eigenvalue weighted by Gasteiger charge is 2.13. The zero-order valence-corrected chi connectivity index (χ0v) is 11.2. The quantitative estimate of drug-likeness (QED) is 0.869. The van der Waals surface area contributed by atoms with Crippen molar-refractivity contribution in [2.24, 2.45) is 0 Å². The number of carboxylic acid groups (broad SMARTS) is 1. The molecule has 1 atom stereocenters. The smallest absolute Gasteiger partial charge is 0.371 e. The minimum atomic E-state index is -1.08. The molecule has 1 unspecified atom stereocenters. The van der Waals surface area contributed by atoms with Gasteiger partial charge in [-0.3, -0.25) is 0 Å². The SMILES string of the molecule is CC(OCC=Cc1ccccc1)c1ccc(C(=O)O)o1. The molecule has 0 aliphatic rings. The van der Waals surface area contributed by atoms with E-state index in [1.54, 1.807) is 6.07 Å². The molecule has 4 heteroatoms. The lowest BCUT2D eigenvalue weighted by Crippen LogP contribution is -1.99. The number of furan rings is 1. The van der Waals surface area contributed by atoms with Crippen molar-refractivity contribution >= 4 is 12.0 Å². The third kappa shape index (κ3) is 3.83. The van der Waals surface area contributed by atoms with Crippen LogP contribution in [-0.4, -0.2) is 17.7 Å². The van der Waals surface area contributed by atoms with Crippen LogP contribution in [0.4, 0.5) is 0 Å². The molecule has 0 radical (unpaired) electrons. The van der Waals surface area contributed by atoms with Crippen molar-refractivity contribution in [1.82, 2.24) is 0 Å². The zero-order valence-electron chi connectivity index (χ0n) is 11.2. The predicted octanol–water partition coefficient (Wildman–Crippen LogP) is 3.77. The Labute approximate surface area is 117 Å². The van der Waals surface area contributed by atoms with E-state index in [-0.39, 0.29) is 11.9 Å². The molecule has 1 aromatic carbocycles. The van der Waals surface area contributed by atoms with Crippen molar-refractivity contribution in [3.05, 3.63) is 65.6 Å². The molecule has 0 saturated carbocycles. The van der Waals surface area contributed by atoms with Crippen molar-refractivity contribution in [2.75, 3.05) is 6.61 Å². The molecule has 0 fully saturated rings. The van der Waals surface area contributed by atoms with Gasteiger partial charge in [-0.15, -0.1) is 0 Å². The molecule has 0 bridgehead atoms. The maximum atomic E-state index is 10.7. The number of carboxylic acids is 1. The van der Waals surface area contributed by atoms with Crippen LogP contribution in [0.2, 0.25) is 0 Å². The molecule has 20 heavy (non-hydrogen) atoms. The van der Waals surface area contributed by atoms with Gasteiger partial charge in [0, 0.05) is 0 Å².